The molecule has 1 atom stereocenters. The highest BCUT2D eigenvalue weighted by Crippen LogP contribution is 1.88. The van der Waals surface area contributed by atoms with Crippen LogP contribution in [0.5, 0.6) is 0 Å². The molecule has 0 heterocycles. The summed E-state index contributed by atoms with van der Waals surface area (Å²) in [6.45, 7) is 5.65. The molecule has 0 fully saturated rings. The zero-order valence-electron chi connectivity index (χ0n) is 6.39. The second kappa shape index (κ2) is 6.05. The molecule has 2 nitrogen and oxygen atoms in total. The van der Waals surface area contributed by atoms with Crippen molar-refractivity contribution in [3.8, 4) is 0 Å². The Morgan fingerprint density at radius 2 is 2.22 bits per heavy atom. The SMILES string of the molecule is CCCCOC[C@@H](C)N. The van der Waals surface area contributed by atoms with Gasteiger partial charge in [0.2, 0.25) is 0 Å². The van der Waals surface area contributed by atoms with Gasteiger partial charge in [-0.15, -0.1) is 0 Å². The first kappa shape index (κ1) is 8.92. The largest absolute Gasteiger partial charge is 0.380 e. The molecule has 0 aromatic rings. The van der Waals surface area contributed by atoms with Crippen molar-refractivity contribution in [1.82, 2.24) is 0 Å². The molecule has 0 bridgehead atoms. The molecule has 0 aromatic carbocycles. The van der Waals surface area contributed by atoms with Crippen LogP contribution in [0.4, 0.5) is 0 Å². The summed E-state index contributed by atoms with van der Waals surface area (Å²) >= 11 is 0. The minimum Gasteiger partial charge on any atom is -0.380 e. The van der Waals surface area contributed by atoms with Gasteiger partial charge in [0.25, 0.3) is 0 Å². The molecule has 2 N–H and O–H groups in total. The van der Waals surface area contributed by atoms with E-state index in [9.17, 15) is 0 Å². The van der Waals surface area contributed by atoms with Crippen LogP contribution in [0, 0.1) is 0 Å². The van der Waals surface area contributed by atoms with Gasteiger partial charge in [0, 0.05) is 12.6 Å². The molecule has 0 spiro atoms. The standard InChI is InChI=1S/C7H17NO/c1-3-4-5-9-6-7(2)8/h7H,3-6,8H2,1-2H3/t7-/m1/s1. The van der Waals surface area contributed by atoms with Crippen molar-refractivity contribution in [2.75, 3.05) is 13.2 Å². The van der Waals surface area contributed by atoms with Crippen LogP contribution >= 0.6 is 0 Å². The predicted octanol–water partition coefficient (Wildman–Crippen LogP) is 1.15. The molecular weight excluding hydrogens is 114 g/mol. The molecule has 0 aliphatic heterocycles. The number of nitrogens with two attached hydrogens (primary N) is 1. The van der Waals surface area contributed by atoms with Crippen LogP contribution in [-0.4, -0.2) is 19.3 Å². The summed E-state index contributed by atoms with van der Waals surface area (Å²) in [7, 11) is 0. The molecule has 0 aliphatic rings. The smallest absolute Gasteiger partial charge is 0.0614 e. The third kappa shape index (κ3) is 7.92. The summed E-state index contributed by atoms with van der Waals surface area (Å²) in [5, 5.41) is 0. The fraction of sp³-hybridized carbons (Fsp3) is 1.00. The van der Waals surface area contributed by atoms with Crippen molar-refractivity contribution in [3.05, 3.63) is 0 Å². The monoisotopic (exact) mass is 131 g/mol. The minimum absolute atomic E-state index is 0.182. The Morgan fingerprint density at radius 3 is 2.67 bits per heavy atom. The van der Waals surface area contributed by atoms with Gasteiger partial charge < -0.3 is 10.5 Å². The summed E-state index contributed by atoms with van der Waals surface area (Å²) in [4.78, 5) is 0. The van der Waals surface area contributed by atoms with Gasteiger partial charge in [-0.05, 0) is 13.3 Å². The zero-order chi connectivity index (χ0) is 7.11. The maximum Gasteiger partial charge on any atom is 0.0614 e. The Hall–Kier alpha value is -0.0800. The molecule has 0 saturated heterocycles. The number of hydrogen-bond acceptors (Lipinski definition) is 2. The Morgan fingerprint density at radius 1 is 1.56 bits per heavy atom. The van der Waals surface area contributed by atoms with Gasteiger partial charge in [0.1, 0.15) is 0 Å². The lowest BCUT2D eigenvalue weighted by atomic mass is 10.3. The fourth-order valence-corrected chi connectivity index (χ4v) is 0.516. The van der Waals surface area contributed by atoms with E-state index in [1.54, 1.807) is 0 Å². The molecule has 0 amide bonds. The van der Waals surface area contributed by atoms with Crippen LogP contribution in [0.1, 0.15) is 26.7 Å². The average molecular weight is 131 g/mol. The van der Waals surface area contributed by atoms with E-state index in [4.69, 9.17) is 10.5 Å². The van der Waals surface area contributed by atoms with Crippen LogP contribution in [0.2, 0.25) is 0 Å². The summed E-state index contributed by atoms with van der Waals surface area (Å²) in [5.74, 6) is 0. The Labute approximate surface area is 57.4 Å². The maximum atomic E-state index is 5.45. The van der Waals surface area contributed by atoms with E-state index in [0.717, 1.165) is 13.0 Å². The van der Waals surface area contributed by atoms with Crippen molar-refractivity contribution >= 4 is 0 Å². The molecule has 0 unspecified atom stereocenters. The molecule has 2 heteroatoms. The van der Waals surface area contributed by atoms with Crippen molar-refractivity contribution in [2.45, 2.75) is 32.7 Å². The van der Waals surface area contributed by atoms with E-state index < -0.39 is 0 Å². The van der Waals surface area contributed by atoms with Gasteiger partial charge in [-0.25, -0.2) is 0 Å². The van der Waals surface area contributed by atoms with Crippen LogP contribution in [0.25, 0.3) is 0 Å². The first-order valence-corrected chi connectivity index (χ1v) is 3.60. The zero-order valence-corrected chi connectivity index (χ0v) is 6.39. The van der Waals surface area contributed by atoms with Gasteiger partial charge >= 0.3 is 0 Å². The highest BCUT2D eigenvalue weighted by Gasteiger charge is 1.91. The summed E-state index contributed by atoms with van der Waals surface area (Å²) < 4.78 is 5.21. The molecule has 0 radical (unpaired) electrons. The van der Waals surface area contributed by atoms with E-state index in [-0.39, 0.29) is 6.04 Å². The highest BCUT2D eigenvalue weighted by molar-refractivity contribution is 4.47. The van der Waals surface area contributed by atoms with Crippen LogP contribution in [0.3, 0.4) is 0 Å². The van der Waals surface area contributed by atoms with E-state index in [0.29, 0.717) is 6.61 Å². The summed E-state index contributed by atoms with van der Waals surface area (Å²) in [6.07, 6.45) is 2.34. The predicted molar refractivity (Wildman–Crippen MR) is 39.4 cm³/mol. The third-order valence-corrected chi connectivity index (χ3v) is 1.02. The molecule has 0 saturated carbocycles. The topological polar surface area (TPSA) is 35.2 Å². The number of unbranched alkanes of at least 4 members (excludes halogenated alkanes) is 1. The van der Waals surface area contributed by atoms with Crippen LogP contribution in [0.15, 0.2) is 0 Å². The first-order chi connectivity index (χ1) is 4.27. The second-order valence-electron chi connectivity index (χ2n) is 2.41. The van der Waals surface area contributed by atoms with Gasteiger partial charge in [0.05, 0.1) is 6.61 Å². The van der Waals surface area contributed by atoms with E-state index >= 15 is 0 Å². The van der Waals surface area contributed by atoms with Gasteiger partial charge in [-0.3, -0.25) is 0 Å². The average Bonchev–Trinajstić information content (AvgIpc) is 1.80. The van der Waals surface area contributed by atoms with Gasteiger partial charge in [0.15, 0.2) is 0 Å². The van der Waals surface area contributed by atoms with E-state index in [1.807, 2.05) is 6.92 Å². The summed E-state index contributed by atoms with van der Waals surface area (Å²) in [5.41, 5.74) is 5.45. The first-order valence-electron chi connectivity index (χ1n) is 3.60. The highest BCUT2D eigenvalue weighted by atomic mass is 16.5. The minimum atomic E-state index is 0.182. The lowest BCUT2D eigenvalue weighted by molar-refractivity contribution is 0.122. The molecular formula is C7H17NO. The fourth-order valence-electron chi connectivity index (χ4n) is 0.516. The second-order valence-corrected chi connectivity index (χ2v) is 2.41. The Kier molecular flexibility index (Phi) is 5.99. The molecule has 56 valence electrons. The number of ether oxygens (including phenoxy) is 1. The summed E-state index contributed by atoms with van der Waals surface area (Å²) in [6, 6.07) is 0.182. The van der Waals surface area contributed by atoms with Crippen molar-refractivity contribution in [3.63, 3.8) is 0 Å². The molecule has 0 aliphatic carbocycles. The Bertz CT molecular complexity index is 54.9. The van der Waals surface area contributed by atoms with Gasteiger partial charge in [-0.2, -0.15) is 0 Å². The molecule has 9 heavy (non-hydrogen) atoms. The van der Waals surface area contributed by atoms with E-state index in [2.05, 4.69) is 6.92 Å². The molecule has 0 rings (SSSR count). The Balaban J connectivity index is 2.75. The molecule has 0 aromatic heterocycles. The van der Waals surface area contributed by atoms with Crippen LogP contribution in [-0.2, 0) is 4.74 Å². The lowest BCUT2D eigenvalue weighted by Gasteiger charge is -2.04. The normalized spacial score (nSPS) is 13.7. The maximum absolute atomic E-state index is 5.45. The number of hydrogen-bond donors (Lipinski definition) is 1. The number of rotatable bonds is 5. The lowest BCUT2D eigenvalue weighted by Crippen LogP contribution is -2.21. The van der Waals surface area contributed by atoms with Crippen molar-refractivity contribution < 1.29 is 4.74 Å². The third-order valence-electron chi connectivity index (χ3n) is 1.02. The van der Waals surface area contributed by atoms with E-state index in [1.165, 1.54) is 6.42 Å². The quantitative estimate of drug-likeness (QED) is 0.568. The van der Waals surface area contributed by atoms with Crippen molar-refractivity contribution in [1.29, 1.82) is 0 Å². The van der Waals surface area contributed by atoms with Gasteiger partial charge in [-0.1, -0.05) is 13.3 Å². The van der Waals surface area contributed by atoms with Crippen molar-refractivity contribution in [2.24, 2.45) is 5.73 Å². The van der Waals surface area contributed by atoms with Crippen LogP contribution < -0.4 is 5.73 Å².